The van der Waals surface area contributed by atoms with E-state index in [0.717, 1.165) is 41.4 Å². The minimum absolute atomic E-state index is 0.860. The van der Waals surface area contributed by atoms with Gasteiger partial charge in [0.1, 0.15) is 5.69 Å². The number of benzene rings is 1. The van der Waals surface area contributed by atoms with Gasteiger partial charge in [0.15, 0.2) is 5.76 Å². The van der Waals surface area contributed by atoms with Crippen LogP contribution < -0.4 is 0 Å². The summed E-state index contributed by atoms with van der Waals surface area (Å²) in [5.41, 5.74) is 6.31. The molecule has 0 N–H and O–H groups in total. The molecule has 0 unspecified atom stereocenters. The van der Waals surface area contributed by atoms with Crippen LogP contribution in [0.25, 0.3) is 22.0 Å². The number of aromatic nitrogens is 2. The number of nitrogens with zero attached hydrogens (tertiary/aromatic N) is 2. The minimum Gasteiger partial charge on any atom is -0.354 e. The molecule has 130 valence electrons. The first-order valence-electron chi connectivity index (χ1n) is 9.14. The summed E-state index contributed by atoms with van der Waals surface area (Å²) in [6.07, 6.45) is 4.85. The van der Waals surface area contributed by atoms with E-state index in [0.29, 0.717) is 0 Å². The van der Waals surface area contributed by atoms with Crippen LogP contribution in [0.15, 0.2) is 64.5 Å². The fourth-order valence-electron chi connectivity index (χ4n) is 3.85. The van der Waals surface area contributed by atoms with Gasteiger partial charge in [-0.05, 0) is 54.3 Å². The Bertz CT molecular complexity index is 1010. The van der Waals surface area contributed by atoms with Crippen LogP contribution in [0.3, 0.4) is 0 Å². The van der Waals surface area contributed by atoms with E-state index in [4.69, 9.17) is 4.52 Å². The zero-order chi connectivity index (χ0) is 17.3. The summed E-state index contributed by atoms with van der Waals surface area (Å²) in [7, 11) is 0. The second-order valence-corrected chi connectivity index (χ2v) is 7.78. The number of fused-ring (bicyclic) bond motifs is 1. The van der Waals surface area contributed by atoms with E-state index in [1.54, 1.807) is 11.3 Å². The van der Waals surface area contributed by atoms with Gasteiger partial charge in [-0.25, -0.2) is 0 Å². The molecule has 0 spiro atoms. The second-order valence-electron chi connectivity index (χ2n) is 6.83. The topological polar surface area (TPSA) is 31.0 Å². The van der Waals surface area contributed by atoms with Crippen LogP contribution in [0.4, 0.5) is 0 Å². The highest BCUT2D eigenvalue weighted by Crippen LogP contribution is 2.34. The molecule has 3 heterocycles. The first kappa shape index (κ1) is 15.6. The molecule has 1 aliphatic rings. The summed E-state index contributed by atoms with van der Waals surface area (Å²) < 4.78 is 8.20. The fourth-order valence-corrected chi connectivity index (χ4v) is 4.53. The predicted octanol–water partition coefficient (Wildman–Crippen LogP) is 5.80. The maximum absolute atomic E-state index is 5.77. The van der Waals surface area contributed by atoms with Gasteiger partial charge in [0.05, 0.1) is 10.6 Å². The quantitative estimate of drug-likeness (QED) is 0.460. The Hall–Kier alpha value is -2.59. The van der Waals surface area contributed by atoms with Crippen molar-refractivity contribution in [1.29, 1.82) is 0 Å². The zero-order valence-corrected chi connectivity index (χ0v) is 15.3. The number of hydrogen-bond acceptors (Lipinski definition) is 3. The first-order valence-corrected chi connectivity index (χ1v) is 10.0. The molecule has 0 atom stereocenters. The Balaban J connectivity index is 1.59. The van der Waals surface area contributed by atoms with Crippen molar-refractivity contribution in [2.45, 2.75) is 32.2 Å². The Morgan fingerprint density at radius 1 is 1.00 bits per heavy atom. The number of hydrogen-bond donors (Lipinski definition) is 0. The van der Waals surface area contributed by atoms with Gasteiger partial charge in [0.2, 0.25) is 0 Å². The van der Waals surface area contributed by atoms with E-state index < -0.39 is 0 Å². The number of aryl methyl sites for hydroxylation is 1. The maximum Gasteiger partial charge on any atom is 0.183 e. The Kier molecular flexibility index (Phi) is 3.98. The predicted molar refractivity (Wildman–Crippen MR) is 105 cm³/mol. The van der Waals surface area contributed by atoms with Crippen LogP contribution >= 0.6 is 11.3 Å². The average molecular weight is 360 g/mol. The normalized spacial score (nSPS) is 13.7. The average Bonchev–Trinajstić information content (AvgIpc) is 3.42. The molecule has 0 saturated heterocycles. The van der Waals surface area contributed by atoms with Crippen molar-refractivity contribution in [3.8, 4) is 22.0 Å². The van der Waals surface area contributed by atoms with Gasteiger partial charge in [-0.15, -0.1) is 11.3 Å². The molecule has 0 fully saturated rings. The molecule has 4 heteroatoms. The van der Waals surface area contributed by atoms with E-state index >= 15 is 0 Å². The summed E-state index contributed by atoms with van der Waals surface area (Å²) in [5.74, 6) is 0.860. The molecular weight excluding hydrogens is 340 g/mol. The smallest absolute Gasteiger partial charge is 0.183 e. The van der Waals surface area contributed by atoms with E-state index in [2.05, 4.69) is 63.6 Å². The molecule has 1 aliphatic carbocycles. The van der Waals surface area contributed by atoms with E-state index in [9.17, 15) is 0 Å². The lowest BCUT2D eigenvalue weighted by molar-refractivity contribution is 0.431. The number of thiophene rings is 1. The van der Waals surface area contributed by atoms with Gasteiger partial charge < -0.3 is 9.09 Å². The Morgan fingerprint density at radius 3 is 2.73 bits per heavy atom. The number of rotatable bonds is 4. The molecule has 0 bridgehead atoms. The van der Waals surface area contributed by atoms with Crippen LogP contribution in [-0.4, -0.2) is 9.72 Å². The van der Waals surface area contributed by atoms with E-state index in [-0.39, 0.29) is 0 Å². The summed E-state index contributed by atoms with van der Waals surface area (Å²) >= 11 is 1.69. The highest BCUT2D eigenvalue weighted by Gasteiger charge is 2.22. The van der Waals surface area contributed by atoms with Crippen LogP contribution in [0.2, 0.25) is 0 Å². The van der Waals surface area contributed by atoms with Gasteiger partial charge in [-0.2, -0.15) is 0 Å². The summed E-state index contributed by atoms with van der Waals surface area (Å²) in [6.45, 7) is 0.876. The van der Waals surface area contributed by atoms with Crippen molar-refractivity contribution < 1.29 is 4.52 Å². The van der Waals surface area contributed by atoms with Crippen LogP contribution in [-0.2, 0) is 19.4 Å². The summed E-state index contributed by atoms with van der Waals surface area (Å²) in [5, 5.41) is 6.38. The van der Waals surface area contributed by atoms with Crippen molar-refractivity contribution in [3.05, 3.63) is 76.8 Å². The Labute approximate surface area is 156 Å². The largest absolute Gasteiger partial charge is 0.354 e. The Morgan fingerprint density at radius 2 is 1.88 bits per heavy atom. The minimum atomic E-state index is 0.860. The maximum atomic E-state index is 5.77. The van der Waals surface area contributed by atoms with Crippen molar-refractivity contribution in [3.63, 3.8) is 0 Å². The van der Waals surface area contributed by atoms with E-state index in [1.165, 1.54) is 29.7 Å². The van der Waals surface area contributed by atoms with Gasteiger partial charge in [-0.3, -0.25) is 0 Å². The molecule has 0 aliphatic heterocycles. The van der Waals surface area contributed by atoms with Crippen LogP contribution in [0.1, 0.15) is 29.7 Å². The fraction of sp³-hybridized carbons (Fsp3) is 0.227. The summed E-state index contributed by atoms with van der Waals surface area (Å²) in [4.78, 5) is 1.14. The van der Waals surface area contributed by atoms with Crippen molar-refractivity contribution in [1.82, 2.24) is 9.72 Å². The highest BCUT2D eigenvalue weighted by molar-refractivity contribution is 7.13. The van der Waals surface area contributed by atoms with Crippen molar-refractivity contribution in [2.24, 2.45) is 0 Å². The van der Waals surface area contributed by atoms with Gasteiger partial charge in [0.25, 0.3) is 0 Å². The molecule has 4 aromatic rings. The van der Waals surface area contributed by atoms with Gasteiger partial charge >= 0.3 is 0 Å². The van der Waals surface area contributed by atoms with Crippen molar-refractivity contribution >= 4 is 11.3 Å². The molecular formula is C22H20N2OS. The third-order valence-electron chi connectivity index (χ3n) is 5.13. The third-order valence-corrected chi connectivity index (χ3v) is 6.02. The highest BCUT2D eigenvalue weighted by atomic mass is 32.1. The third kappa shape index (κ3) is 2.80. The molecule has 0 saturated carbocycles. The van der Waals surface area contributed by atoms with Gasteiger partial charge in [0, 0.05) is 18.3 Å². The van der Waals surface area contributed by atoms with Crippen LogP contribution in [0.5, 0.6) is 0 Å². The molecule has 3 nitrogen and oxygen atoms in total. The molecule has 26 heavy (non-hydrogen) atoms. The van der Waals surface area contributed by atoms with Crippen molar-refractivity contribution in [2.75, 3.05) is 0 Å². The molecule has 0 amide bonds. The van der Waals surface area contributed by atoms with Crippen LogP contribution in [0, 0.1) is 0 Å². The standard InChI is InChI=1S/C22H20N2OS/c1-2-7-16(8-3-1)15-24-19-10-5-4-9-17(19)13-20(24)21-14-18(23-25-21)22-11-6-12-26-22/h1-3,6-8,11-14H,4-5,9-10,15H2. The molecule has 0 radical (unpaired) electrons. The summed E-state index contributed by atoms with van der Waals surface area (Å²) in [6, 6.07) is 19.2. The SMILES string of the molecule is c1ccc(Cn2c(-c3cc(-c4cccs4)no3)cc3c2CCCC3)cc1. The lowest BCUT2D eigenvalue weighted by Gasteiger charge is -2.16. The van der Waals surface area contributed by atoms with E-state index in [1.807, 2.05) is 6.07 Å². The second kappa shape index (κ2) is 6.61. The molecule has 5 rings (SSSR count). The monoisotopic (exact) mass is 360 g/mol. The zero-order valence-electron chi connectivity index (χ0n) is 14.5. The molecule has 3 aromatic heterocycles. The van der Waals surface area contributed by atoms with Gasteiger partial charge in [-0.1, -0.05) is 41.6 Å². The molecule has 1 aromatic carbocycles. The lowest BCUT2D eigenvalue weighted by Crippen LogP contribution is -2.10. The first-order chi connectivity index (χ1) is 12.9. The lowest BCUT2D eigenvalue weighted by atomic mass is 9.98.